The van der Waals surface area contributed by atoms with Crippen molar-refractivity contribution >= 4 is 27.6 Å². The van der Waals surface area contributed by atoms with Crippen LogP contribution in [-0.4, -0.2) is 41.4 Å². The van der Waals surface area contributed by atoms with Gasteiger partial charge in [-0.1, -0.05) is 24.3 Å². The fourth-order valence-electron chi connectivity index (χ4n) is 4.11. The second kappa shape index (κ2) is 9.72. The van der Waals surface area contributed by atoms with Crippen LogP contribution in [0.3, 0.4) is 0 Å². The predicted octanol–water partition coefficient (Wildman–Crippen LogP) is 2.85. The summed E-state index contributed by atoms with van der Waals surface area (Å²) in [5, 5.41) is 15.8. The summed E-state index contributed by atoms with van der Waals surface area (Å²) in [6.45, 7) is 1.81. The number of hydrogen-bond acceptors (Lipinski definition) is 5. The third-order valence-electron chi connectivity index (χ3n) is 6.07. The molecule has 2 saturated carbocycles. The molecule has 9 nitrogen and oxygen atoms in total. The number of carboxylic acids is 1. The summed E-state index contributed by atoms with van der Waals surface area (Å²) in [5.41, 5.74) is 1.37. The third kappa shape index (κ3) is 6.09. The summed E-state index contributed by atoms with van der Waals surface area (Å²) < 4.78 is 26.4. The van der Waals surface area contributed by atoms with Crippen LogP contribution in [-0.2, 0) is 21.9 Å². The SMILES string of the molecule is C1CC2CCC12.Cc1ccccc1C(CC(=O)O)NC(=O)c1nn(C)cc1NS(C)(=O)=O. The summed E-state index contributed by atoms with van der Waals surface area (Å²) in [4.78, 5) is 23.8. The van der Waals surface area contributed by atoms with Crippen LogP contribution in [0.4, 0.5) is 5.69 Å². The molecule has 1 atom stereocenters. The Morgan fingerprint density at radius 2 is 1.78 bits per heavy atom. The minimum absolute atomic E-state index is 0.0198. The van der Waals surface area contributed by atoms with Crippen LogP contribution in [0.1, 0.15) is 59.8 Å². The van der Waals surface area contributed by atoms with Crippen LogP contribution in [0.15, 0.2) is 30.5 Å². The van der Waals surface area contributed by atoms with Crippen molar-refractivity contribution in [2.45, 2.75) is 45.1 Å². The molecule has 0 saturated heterocycles. The van der Waals surface area contributed by atoms with E-state index >= 15 is 0 Å². The molecule has 2 aliphatic rings. The zero-order valence-electron chi connectivity index (χ0n) is 18.5. The van der Waals surface area contributed by atoms with Gasteiger partial charge in [0.2, 0.25) is 10.0 Å². The van der Waals surface area contributed by atoms with Crippen molar-refractivity contribution in [2.24, 2.45) is 18.9 Å². The quantitative estimate of drug-likeness (QED) is 0.580. The largest absolute Gasteiger partial charge is 0.481 e. The molecular weight excluding hydrogens is 432 g/mol. The number of anilines is 1. The number of aryl methyl sites for hydroxylation is 2. The van der Waals surface area contributed by atoms with E-state index in [0.717, 1.165) is 11.8 Å². The highest BCUT2D eigenvalue weighted by Gasteiger charge is 2.37. The Morgan fingerprint density at radius 1 is 1.19 bits per heavy atom. The number of rotatable bonds is 7. The number of aromatic nitrogens is 2. The number of nitrogens with zero attached hydrogens (tertiary/aromatic N) is 2. The first-order chi connectivity index (χ1) is 15.0. The summed E-state index contributed by atoms with van der Waals surface area (Å²) in [7, 11) is -2.06. The van der Waals surface area contributed by atoms with Gasteiger partial charge in [0.05, 0.1) is 24.4 Å². The molecule has 174 valence electrons. The number of sulfonamides is 1. The number of aliphatic carboxylic acids is 1. The maximum Gasteiger partial charge on any atom is 0.305 e. The zero-order chi connectivity index (χ0) is 23.5. The van der Waals surface area contributed by atoms with E-state index in [9.17, 15) is 18.0 Å². The standard InChI is InChI=1S/C16H20N4O5S.C6H10/c1-10-6-4-5-7-11(10)12(8-14(21)22)17-16(23)15-13(9-20(2)18-15)19-26(3,24)25;1-2-6-4-3-5(1)6/h4-7,9,12,19H,8H2,1-3H3,(H,17,23)(H,21,22);5-6H,1-4H2. The molecule has 1 aromatic heterocycles. The topological polar surface area (TPSA) is 130 Å². The Balaban J connectivity index is 0.000000405. The Kier molecular flexibility index (Phi) is 7.22. The van der Waals surface area contributed by atoms with Gasteiger partial charge >= 0.3 is 5.97 Å². The Bertz CT molecular complexity index is 1080. The van der Waals surface area contributed by atoms with Crippen LogP contribution in [0.2, 0.25) is 0 Å². The van der Waals surface area contributed by atoms with E-state index in [1.165, 1.54) is 22.7 Å². The summed E-state index contributed by atoms with van der Waals surface area (Å²) in [5.74, 6) is 0.676. The van der Waals surface area contributed by atoms with Gasteiger partial charge in [0.1, 0.15) is 0 Å². The number of amides is 1. The van der Waals surface area contributed by atoms with Gasteiger partial charge < -0.3 is 10.4 Å². The number of nitrogens with one attached hydrogen (secondary N) is 2. The van der Waals surface area contributed by atoms with Crippen LogP contribution in [0.5, 0.6) is 0 Å². The number of hydrogen-bond donors (Lipinski definition) is 3. The highest BCUT2D eigenvalue weighted by atomic mass is 32.2. The van der Waals surface area contributed by atoms with Gasteiger partial charge in [0.15, 0.2) is 5.69 Å². The van der Waals surface area contributed by atoms with Crippen LogP contribution in [0, 0.1) is 18.8 Å². The first kappa shape index (κ1) is 23.8. The maximum atomic E-state index is 12.6. The molecular formula is C22H30N4O5S. The first-order valence-corrected chi connectivity index (χ1v) is 12.5. The number of carbonyl (C=O) groups excluding carboxylic acids is 1. The van der Waals surface area contributed by atoms with Gasteiger partial charge in [-0.25, -0.2) is 8.42 Å². The zero-order valence-corrected chi connectivity index (χ0v) is 19.4. The lowest BCUT2D eigenvalue weighted by Crippen LogP contribution is -2.34. The number of benzene rings is 1. The molecule has 1 unspecified atom stereocenters. The van der Waals surface area contributed by atoms with E-state index in [4.69, 9.17) is 5.11 Å². The normalized spacial score (nSPS) is 19.8. The van der Waals surface area contributed by atoms with Crippen LogP contribution in [0.25, 0.3) is 0 Å². The van der Waals surface area contributed by atoms with E-state index in [2.05, 4.69) is 15.1 Å². The number of fused-ring (bicyclic) bond motifs is 1. The fraction of sp³-hybridized carbons (Fsp3) is 0.500. The average Bonchev–Trinajstić information content (AvgIpc) is 3.03. The van der Waals surface area contributed by atoms with Crippen molar-refractivity contribution in [1.82, 2.24) is 15.1 Å². The second-order valence-electron chi connectivity index (χ2n) is 8.59. The number of carbonyl (C=O) groups is 2. The average molecular weight is 463 g/mol. The molecule has 2 fully saturated rings. The smallest absolute Gasteiger partial charge is 0.305 e. The monoisotopic (exact) mass is 462 g/mol. The Labute approximate surface area is 188 Å². The highest BCUT2D eigenvalue weighted by Crippen LogP contribution is 2.49. The van der Waals surface area contributed by atoms with E-state index in [-0.39, 0.29) is 17.8 Å². The van der Waals surface area contributed by atoms with Gasteiger partial charge in [0.25, 0.3) is 5.91 Å². The van der Waals surface area contributed by atoms with Crippen molar-refractivity contribution in [3.8, 4) is 0 Å². The maximum absolute atomic E-state index is 12.6. The lowest BCUT2D eigenvalue weighted by atomic mass is 9.60. The molecule has 1 aromatic carbocycles. The van der Waals surface area contributed by atoms with Crippen molar-refractivity contribution < 1.29 is 23.1 Å². The molecule has 3 N–H and O–H groups in total. The Morgan fingerprint density at radius 3 is 2.25 bits per heavy atom. The minimum Gasteiger partial charge on any atom is -0.481 e. The minimum atomic E-state index is -3.60. The van der Waals surface area contributed by atoms with Gasteiger partial charge in [-0.05, 0) is 55.6 Å². The van der Waals surface area contributed by atoms with Crippen molar-refractivity contribution in [3.05, 3.63) is 47.3 Å². The Hall–Kier alpha value is -2.88. The van der Waals surface area contributed by atoms with Gasteiger partial charge in [0, 0.05) is 13.2 Å². The van der Waals surface area contributed by atoms with E-state index in [1.807, 2.05) is 19.1 Å². The van der Waals surface area contributed by atoms with Crippen LogP contribution < -0.4 is 10.0 Å². The fourth-order valence-corrected chi connectivity index (χ4v) is 4.66. The molecule has 0 spiro atoms. The highest BCUT2D eigenvalue weighted by molar-refractivity contribution is 7.92. The second-order valence-corrected chi connectivity index (χ2v) is 10.3. The molecule has 4 rings (SSSR count). The van der Waals surface area contributed by atoms with Crippen molar-refractivity contribution in [2.75, 3.05) is 11.0 Å². The van der Waals surface area contributed by atoms with Gasteiger partial charge in [-0.3, -0.25) is 19.0 Å². The molecule has 0 bridgehead atoms. The molecule has 1 heterocycles. The molecule has 2 aliphatic carbocycles. The van der Waals surface area contributed by atoms with Gasteiger partial charge in [-0.15, -0.1) is 0 Å². The lowest BCUT2D eigenvalue weighted by molar-refractivity contribution is -0.137. The number of carboxylic acid groups (broad SMARTS) is 1. The summed E-state index contributed by atoms with van der Waals surface area (Å²) >= 11 is 0. The molecule has 2 aromatic rings. The van der Waals surface area contributed by atoms with E-state index in [1.54, 1.807) is 44.9 Å². The summed E-state index contributed by atoms with van der Waals surface area (Å²) in [6.07, 6.45) is 8.24. The van der Waals surface area contributed by atoms with E-state index in [0.29, 0.717) is 5.56 Å². The lowest BCUT2D eigenvalue weighted by Gasteiger charge is -2.46. The summed E-state index contributed by atoms with van der Waals surface area (Å²) in [6, 6.07) is 6.33. The van der Waals surface area contributed by atoms with Crippen LogP contribution >= 0.6 is 0 Å². The predicted molar refractivity (Wildman–Crippen MR) is 121 cm³/mol. The van der Waals surface area contributed by atoms with E-state index < -0.39 is 27.9 Å². The molecule has 32 heavy (non-hydrogen) atoms. The van der Waals surface area contributed by atoms with Gasteiger partial charge in [-0.2, -0.15) is 5.10 Å². The first-order valence-electron chi connectivity index (χ1n) is 10.6. The van der Waals surface area contributed by atoms with Crippen molar-refractivity contribution in [1.29, 1.82) is 0 Å². The molecule has 0 aliphatic heterocycles. The molecule has 1 amide bonds. The van der Waals surface area contributed by atoms with Crippen molar-refractivity contribution in [3.63, 3.8) is 0 Å². The third-order valence-corrected chi connectivity index (χ3v) is 6.66. The molecule has 0 radical (unpaired) electrons. The molecule has 10 heteroatoms.